The summed E-state index contributed by atoms with van der Waals surface area (Å²) in [6.45, 7) is 3.70. The Morgan fingerprint density at radius 3 is 2.58 bits per heavy atom. The SMILES string of the molecule is COc1cccc([C@@H](C)O)c1C. The Morgan fingerprint density at radius 2 is 2.08 bits per heavy atom. The van der Waals surface area contributed by atoms with Crippen LogP contribution in [0.1, 0.15) is 24.2 Å². The van der Waals surface area contributed by atoms with Crippen LogP contribution in [0.25, 0.3) is 0 Å². The molecule has 0 fully saturated rings. The first-order valence-corrected chi connectivity index (χ1v) is 3.98. The third-order valence-electron chi connectivity index (χ3n) is 2.00. The van der Waals surface area contributed by atoms with E-state index < -0.39 is 6.10 Å². The zero-order chi connectivity index (χ0) is 9.14. The van der Waals surface area contributed by atoms with Crippen LogP contribution in [0.15, 0.2) is 18.2 Å². The summed E-state index contributed by atoms with van der Waals surface area (Å²) >= 11 is 0. The molecule has 0 aromatic heterocycles. The molecule has 2 nitrogen and oxygen atoms in total. The molecule has 1 rings (SSSR count). The molecule has 1 aromatic rings. The zero-order valence-electron chi connectivity index (χ0n) is 7.66. The van der Waals surface area contributed by atoms with E-state index in [1.807, 2.05) is 25.1 Å². The molecule has 0 unspecified atom stereocenters. The van der Waals surface area contributed by atoms with Gasteiger partial charge in [0.2, 0.25) is 0 Å². The lowest BCUT2D eigenvalue weighted by molar-refractivity contribution is 0.198. The van der Waals surface area contributed by atoms with Crippen LogP contribution in [0.5, 0.6) is 5.75 Å². The molecule has 2 heteroatoms. The Labute approximate surface area is 72.8 Å². The summed E-state index contributed by atoms with van der Waals surface area (Å²) in [7, 11) is 1.63. The molecule has 1 N–H and O–H groups in total. The van der Waals surface area contributed by atoms with Crippen molar-refractivity contribution >= 4 is 0 Å². The van der Waals surface area contributed by atoms with E-state index in [1.54, 1.807) is 14.0 Å². The van der Waals surface area contributed by atoms with Crippen molar-refractivity contribution in [2.24, 2.45) is 0 Å². The maximum absolute atomic E-state index is 9.37. The first-order valence-electron chi connectivity index (χ1n) is 3.98. The topological polar surface area (TPSA) is 29.5 Å². The molecule has 0 heterocycles. The Kier molecular flexibility index (Phi) is 2.71. The van der Waals surface area contributed by atoms with E-state index in [1.165, 1.54) is 0 Å². The highest BCUT2D eigenvalue weighted by atomic mass is 16.5. The van der Waals surface area contributed by atoms with Gasteiger partial charge in [0.25, 0.3) is 0 Å². The van der Waals surface area contributed by atoms with Gasteiger partial charge in [0.1, 0.15) is 5.75 Å². The summed E-state index contributed by atoms with van der Waals surface area (Å²) in [6.07, 6.45) is -0.430. The van der Waals surface area contributed by atoms with Crippen LogP contribution in [0.4, 0.5) is 0 Å². The van der Waals surface area contributed by atoms with E-state index >= 15 is 0 Å². The monoisotopic (exact) mass is 166 g/mol. The van der Waals surface area contributed by atoms with Crippen LogP contribution >= 0.6 is 0 Å². The third-order valence-corrected chi connectivity index (χ3v) is 2.00. The molecular weight excluding hydrogens is 152 g/mol. The summed E-state index contributed by atoms with van der Waals surface area (Å²) in [5, 5.41) is 9.37. The Hall–Kier alpha value is -1.02. The number of benzene rings is 1. The standard InChI is InChI=1S/C10H14O2/c1-7-9(8(2)11)5-4-6-10(7)12-3/h4-6,8,11H,1-3H3/t8-/m1/s1. The predicted molar refractivity (Wildman–Crippen MR) is 48.4 cm³/mol. The van der Waals surface area contributed by atoms with Crippen molar-refractivity contribution in [1.29, 1.82) is 0 Å². The fourth-order valence-electron chi connectivity index (χ4n) is 1.31. The number of aliphatic hydroxyl groups excluding tert-OH is 1. The van der Waals surface area contributed by atoms with Gasteiger partial charge in [-0.25, -0.2) is 0 Å². The van der Waals surface area contributed by atoms with Gasteiger partial charge in [-0.3, -0.25) is 0 Å². The van der Waals surface area contributed by atoms with E-state index in [0.717, 1.165) is 16.9 Å². The van der Waals surface area contributed by atoms with Gasteiger partial charge in [0.05, 0.1) is 13.2 Å². The zero-order valence-corrected chi connectivity index (χ0v) is 7.66. The highest BCUT2D eigenvalue weighted by Gasteiger charge is 2.07. The molecule has 0 amide bonds. The third kappa shape index (κ3) is 1.59. The molecule has 0 spiro atoms. The van der Waals surface area contributed by atoms with E-state index in [4.69, 9.17) is 4.74 Å². The van der Waals surface area contributed by atoms with Gasteiger partial charge in [-0.2, -0.15) is 0 Å². The number of methoxy groups -OCH3 is 1. The smallest absolute Gasteiger partial charge is 0.122 e. The highest BCUT2D eigenvalue weighted by Crippen LogP contribution is 2.25. The molecule has 1 aromatic carbocycles. The van der Waals surface area contributed by atoms with Crippen LogP contribution < -0.4 is 4.74 Å². The Bertz CT molecular complexity index is 267. The molecule has 0 aliphatic rings. The van der Waals surface area contributed by atoms with Gasteiger partial charge in [-0.05, 0) is 31.0 Å². The highest BCUT2D eigenvalue weighted by molar-refractivity contribution is 5.39. The lowest BCUT2D eigenvalue weighted by Gasteiger charge is -2.11. The molecule has 1 atom stereocenters. The van der Waals surface area contributed by atoms with Crippen LogP contribution in [0.2, 0.25) is 0 Å². The molecular formula is C10H14O2. The van der Waals surface area contributed by atoms with Gasteiger partial charge in [0, 0.05) is 0 Å². The maximum atomic E-state index is 9.37. The molecule has 0 aliphatic carbocycles. The Balaban J connectivity index is 3.14. The molecule has 0 radical (unpaired) electrons. The maximum Gasteiger partial charge on any atom is 0.122 e. The summed E-state index contributed by atoms with van der Waals surface area (Å²) in [6, 6.07) is 5.68. The second-order valence-corrected chi connectivity index (χ2v) is 2.85. The van der Waals surface area contributed by atoms with Crippen molar-refractivity contribution in [3.8, 4) is 5.75 Å². The van der Waals surface area contributed by atoms with Crippen LogP contribution in [-0.2, 0) is 0 Å². The Morgan fingerprint density at radius 1 is 1.42 bits per heavy atom. The first-order chi connectivity index (χ1) is 5.66. The average Bonchev–Trinajstić information content (AvgIpc) is 2.04. The summed E-state index contributed by atoms with van der Waals surface area (Å²) < 4.78 is 5.12. The van der Waals surface area contributed by atoms with E-state index in [0.29, 0.717) is 0 Å². The lowest BCUT2D eigenvalue weighted by atomic mass is 10.0. The van der Waals surface area contributed by atoms with E-state index in [9.17, 15) is 5.11 Å². The minimum absolute atomic E-state index is 0.430. The number of rotatable bonds is 2. The lowest BCUT2D eigenvalue weighted by Crippen LogP contribution is -1.97. The predicted octanol–water partition coefficient (Wildman–Crippen LogP) is 2.06. The molecule has 0 bridgehead atoms. The van der Waals surface area contributed by atoms with E-state index in [2.05, 4.69) is 0 Å². The molecule has 66 valence electrons. The number of hydrogen-bond acceptors (Lipinski definition) is 2. The van der Waals surface area contributed by atoms with Crippen molar-refractivity contribution in [2.45, 2.75) is 20.0 Å². The van der Waals surface area contributed by atoms with Crippen molar-refractivity contribution < 1.29 is 9.84 Å². The molecule has 0 aliphatic heterocycles. The number of aliphatic hydroxyl groups is 1. The number of ether oxygens (including phenoxy) is 1. The van der Waals surface area contributed by atoms with E-state index in [-0.39, 0.29) is 0 Å². The molecule has 0 saturated heterocycles. The average molecular weight is 166 g/mol. The largest absolute Gasteiger partial charge is 0.496 e. The van der Waals surface area contributed by atoms with Gasteiger partial charge < -0.3 is 9.84 Å². The fourth-order valence-corrected chi connectivity index (χ4v) is 1.31. The van der Waals surface area contributed by atoms with Crippen LogP contribution in [0, 0.1) is 6.92 Å². The second-order valence-electron chi connectivity index (χ2n) is 2.85. The van der Waals surface area contributed by atoms with Crippen molar-refractivity contribution in [2.75, 3.05) is 7.11 Å². The second kappa shape index (κ2) is 3.59. The van der Waals surface area contributed by atoms with Crippen LogP contribution in [-0.4, -0.2) is 12.2 Å². The van der Waals surface area contributed by atoms with Gasteiger partial charge in [0.15, 0.2) is 0 Å². The minimum Gasteiger partial charge on any atom is -0.496 e. The fraction of sp³-hybridized carbons (Fsp3) is 0.400. The minimum atomic E-state index is -0.430. The summed E-state index contributed by atoms with van der Waals surface area (Å²) in [5.41, 5.74) is 1.93. The van der Waals surface area contributed by atoms with Gasteiger partial charge >= 0.3 is 0 Å². The summed E-state index contributed by atoms with van der Waals surface area (Å²) in [5.74, 6) is 0.827. The van der Waals surface area contributed by atoms with Crippen molar-refractivity contribution in [3.05, 3.63) is 29.3 Å². The van der Waals surface area contributed by atoms with Crippen molar-refractivity contribution in [3.63, 3.8) is 0 Å². The van der Waals surface area contributed by atoms with Crippen molar-refractivity contribution in [1.82, 2.24) is 0 Å². The quantitative estimate of drug-likeness (QED) is 0.728. The van der Waals surface area contributed by atoms with Crippen LogP contribution in [0.3, 0.4) is 0 Å². The normalized spacial score (nSPS) is 12.7. The molecule has 0 saturated carbocycles. The summed E-state index contributed by atoms with van der Waals surface area (Å²) in [4.78, 5) is 0. The number of hydrogen-bond donors (Lipinski definition) is 1. The van der Waals surface area contributed by atoms with Gasteiger partial charge in [-0.15, -0.1) is 0 Å². The molecule has 12 heavy (non-hydrogen) atoms. The van der Waals surface area contributed by atoms with Gasteiger partial charge in [-0.1, -0.05) is 12.1 Å². The first kappa shape index (κ1) is 9.07.